The molecule has 3 rings (SSSR count). The van der Waals surface area contributed by atoms with Crippen LogP contribution in [0.2, 0.25) is 0 Å². The molecule has 0 unspecified atom stereocenters. The minimum atomic E-state index is -1.11. The van der Waals surface area contributed by atoms with Gasteiger partial charge in [-0.2, -0.15) is 4.39 Å². The molecule has 1 saturated heterocycles. The van der Waals surface area contributed by atoms with E-state index < -0.39 is 23.8 Å². The average molecular weight is 422 g/mol. The van der Waals surface area contributed by atoms with Crippen molar-refractivity contribution in [3.05, 3.63) is 64.7 Å². The van der Waals surface area contributed by atoms with Gasteiger partial charge in [0.1, 0.15) is 0 Å². The predicted octanol–water partition coefficient (Wildman–Crippen LogP) is 6.33. The van der Waals surface area contributed by atoms with Crippen LogP contribution in [0.15, 0.2) is 42.0 Å². The molecule has 2 aliphatic rings. The van der Waals surface area contributed by atoms with Crippen LogP contribution in [0.25, 0.3) is 0 Å². The van der Waals surface area contributed by atoms with E-state index in [9.17, 15) is 13.2 Å². The smallest absolute Gasteiger partial charge is 0.201 e. The number of aryl methyl sites for hydroxylation is 1. The molecule has 6 heteroatoms. The van der Waals surface area contributed by atoms with Crippen molar-refractivity contribution in [1.82, 2.24) is 0 Å². The lowest BCUT2D eigenvalue weighted by Crippen LogP contribution is -2.32. The van der Waals surface area contributed by atoms with Crippen LogP contribution >= 0.6 is 0 Å². The van der Waals surface area contributed by atoms with Crippen LogP contribution in [0.4, 0.5) is 13.2 Å². The summed E-state index contributed by atoms with van der Waals surface area (Å²) in [6, 6.07) is 1.56. The molecule has 1 aromatic rings. The zero-order chi connectivity index (χ0) is 21.8. The van der Waals surface area contributed by atoms with Gasteiger partial charge in [0.2, 0.25) is 5.82 Å². The van der Waals surface area contributed by atoms with Gasteiger partial charge in [0.15, 0.2) is 29.4 Å². The van der Waals surface area contributed by atoms with Crippen molar-refractivity contribution in [1.29, 1.82) is 0 Å². The van der Waals surface area contributed by atoms with Gasteiger partial charge in [-0.15, -0.1) is 0 Å². The molecular weight excluding hydrogens is 393 g/mol. The molecule has 30 heavy (non-hydrogen) atoms. The summed E-state index contributed by atoms with van der Waals surface area (Å²) in [5, 5.41) is 0. The van der Waals surface area contributed by atoms with Gasteiger partial charge in [0, 0.05) is 24.3 Å². The number of hydrogen-bond acceptors (Lipinski definition) is 3. The fourth-order valence-electron chi connectivity index (χ4n) is 3.74. The van der Waals surface area contributed by atoms with Crippen LogP contribution in [0.3, 0.4) is 0 Å². The molecule has 0 amide bonds. The van der Waals surface area contributed by atoms with Crippen LogP contribution in [0.5, 0.6) is 5.75 Å². The highest BCUT2D eigenvalue weighted by molar-refractivity contribution is 5.51. The Morgan fingerprint density at radius 2 is 1.83 bits per heavy atom. The molecule has 1 aromatic carbocycles. The Bertz CT molecular complexity index is 852. The van der Waals surface area contributed by atoms with E-state index in [0.717, 1.165) is 12.8 Å². The maximum Gasteiger partial charge on any atom is 0.201 e. The van der Waals surface area contributed by atoms with Gasteiger partial charge in [-0.3, -0.25) is 0 Å². The first-order chi connectivity index (χ1) is 14.3. The Kier molecular flexibility index (Phi) is 7.42. The molecular formula is C24H29F3O3. The maximum atomic E-state index is 14.7. The Hall–Kier alpha value is -2.05. The van der Waals surface area contributed by atoms with Gasteiger partial charge in [0.25, 0.3) is 0 Å². The number of rotatable bonds is 7. The first-order valence-electron chi connectivity index (χ1n) is 10.5. The zero-order valence-corrected chi connectivity index (χ0v) is 17.7. The summed E-state index contributed by atoms with van der Waals surface area (Å²) in [6.45, 7) is 12.6. The number of fused-ring (bicyclic) bond motifs is 1. The minimum absolute atomic E-state index is 0.175. The summed E-state index contributed by atoms with van der Waals surface area (Å²) < 4.78 is 60.7. The highest BCUT2D eigenvalue weighted by Gasteiger charge is 2.29. The Balaban J connectivity index is 1.73. The molecule has 0 radical (unpaired) electrons. The van der Waals surface area contributed by atoms with E-state index in [0.29, 0.717) is 43.1 Å². The van der Waals surface area contributed by atoms with Gasteiger partial charge in [-0.25, -0.2) is 8.78 Å². The Labute approximate surface area is 176 Å². The lowest BCUT2D eigenvalue weighted by Gasteiger charge is -2.29. The molecule has 0 bridgehead atoms. The third-order valence-corrected chi connectivity index (χ3v) is 5.56. The second-order valence-electron chi connectivity index (χ2n) is 7.92. The Morgan fingerprint density at radius 3 is 2.47 bits per heavy atom. The van der Waals surface area contributed by atoms with E-state index in [1.807, 2.05) is 0 Å². The second-order valence-corrected chi connectivity index (χ2v) is 7.92. The van der Waals surface area contributed by atoms with Crippen molar-refractivity contribution in [2.24, 2.45) is 5.92 Å². The fourth-order valence-corrected chi connectivity index (χ4v) is 3.74. The van der Waals surface area contributed by atoms with Gasteiger partial charge in [-0.1, -0.05) is 33.4 Å². The summed E-state index contributed by atoms with van der Waals surface area (Å²) in [4.78, 5) is 0. The van der Waals surface area contributed by atoms with Crippen LogP contribution in [-0.2, 0) is 22.3 Å². The number of ether oxygens (including phenoxy) is 3. The molecule has 1 fully saturated rings. The Morgan fingerprint density at radius 1 is 1.13 bits per heavy atom. The molecule has 0 saturated carbocycles. The van der Waals surface area contributed by atoms with Crippen molar-refractivity contribution in [2.75, 3.05) is 13.2 Å². The summed E-state index contributed by atoms with van der Waals surface area (Å²) in [5.41, 5.74) is 1.26. The van der Waals surface area contributed by atoms with E-state index in [-0.39, 0.29) is 35.5 Å². The van der Waals surface area contributed by atoms with Crippen molar-refractivity contribution < 1.29 is 27.4 Å². The van der Waals surface area contributed by atoms with Gasteiger partial charge in [0.05, 0.1) is 13.2 Å². The average Bonchev–Trinajstić information content (AvgIpc) is 2.75. The van der Waals surface area contributed by atoms with E-state index in [4.69, 9.17) is 14.2 Å². The van der Waals surface area contributed by atoms with E-state index >= 15 is 0 Å². The lowest BCUT2D eigenvalue weighted by molar-refractivity contribution is -0.203. The molecule has 3 nitrogen and oxygen atoms in total. The van der Waals surface area contributed by atoms with Gasteiger partial charge < -0.3 is 14.2 Å². The highest BCUT2D eigenvalue weighted by Crippen LogP contribution is 2.39. The predicted molar refractivity (Wildman–Crippen MR) is 110 cm³/mol. The van der Waals surface area contributed by atoms with Gasteiger partial charge in [-0.05, 0) is 42.0 Å². The molecule has 2 heterocycles. The third-order valence-electron chi connectivity index (χ3n) is 5.56. The van der Waals surface area contributed by atoms with E-state index in [2.05, 4.69) is 20.1 Å². The number of allylic oxidation sites excluding steroid dienone is 3. The molecule has 0 aromatic heterocycles. The monoisotopic (exact) mass is 422 g/mol. The number of hydrogen-bond donors (Lipinski definition) is 0. The highest BCUT2D eigenvalue weighted by atomic mass is 19.2. The summed E-state index contributed by atoms with van der Waals surface area (Å²) in [6.07, 6.45) is 2.92. The van der Waals surface area contributed by atoms with Crippen molar-refractivity contribution in [3.8, 4) is 5.75 Å². The SMILES string of the molecule is C=C(CC)/C(F)=C1/Oc2c(cc(CCC3OCC(CCC)CO3)c(F)c2F)CC1=C. The summed E-state index contributed by atoms with van der Waals surface area (Å²) in [7, 11) is 0. The number of halogens is 3. The zero-order valence-electron chi connectivity index (χ0n) is 17.7. The van der Waals surface area contributed by atoms with E-state index in [1.165, 1.54) is 0 Å². The quantitative estimate of drug-likeness (QED) is 0.514. The van der Waals surface area contributed by atoms with E-state index in [1.54, 1.807) is 13.0 Å². The fraction of sp³-hybridized carbons (Fsp3) is 0.500. The van der Waals surface area contributed by atoms with Crippen molar-refractivity contribution in [3.63, 3.8) is 0 Å². The molecule has 2 aliphatic heterocycles. The van der Waals surface area contributed by atoms with Crippen molar-refractivity contribution >= 4 is 0 Å². The lowest BCUT2D eigenvalue weighted by atomic mass is 9.95. The minimum Gasteiger partial charge on any atom is -0.450 e. The molecule has 0 spiro atoms. The van der Waals surface area contributed by atoms with Crippen LogP contribution < -0.4 is 4.74 Å². The first kappa shape index (κ1) is 22.6. The maximum absolute atomic E-state index is 14.7. The molecule has 0 atom stereocenters. The van der Waals surface area contributed by atoms with Gasteiger partial charge >= 0.3 is 0 Å². The second kappa shape index (κ2) is 9.84. The van der Waals surface area contributed by atoms with Crippen LogP contribution in [0, 0.1) is 17.6 Å². The normalized spacial score (nSPS) is 23.0. The van der Waals surface area contributed by atoms with Crippen LogP contribution in [0.1, 0.15) is 50.7 Å². The number of benzene rings is 1. The molecule has 0 N–H and O–H groups in total. The summed E-state index contributed by atoms with van der Waals surface area (Å²) in [5.74, 6) is -2.86. The summed E-state index contributed by atoms with van der Waals surface area (Å²) >= 11 is 0. The first-order valence-corrected chi connectivity index (χ1v) is 10.5. The topological polar surface area (TPSA) is 27.7 Å². The van der Waals surface area contributed by atoms with Crippen molar-refractivity contribution in [2.45, 2.75) is 58.7 Å². The largest absolute Gasteiger partial charge is 0.450 e. The molecule has 0 aliphatic carbocycles. The standard InChI is InChI=1S/C24H29F3O3/c1-5-7-16-12-28-19(29-13-16)9-8-17-11-18-10-15(4)23(20(25)14(3)6-2)30-24(18)22(27)21(17)26/h11,16,19H,3-10,12-13H2,1-2H3/b23-20-. The third kappa shape index (κ3) is 4.81. The molecule has 164 valence electrons. The van der Waals surface area contributed by atoms with Crippen LogP contribution in [-0.4, -0.2) is 19.5 Å².